The monoisotopic (exact) mass is 700 g/mol. The van der Waals surface area contributed by atoms with Crippen LogP contribution in [0.5, 0.6) is 0 Å². The Labute approximate surface area is 285 Å². The molecule has 8 heteroatoms. The molecule has 2 aromatic rings. The molecule has 4 nitrogen and oxygen atoms in total. The normalized spacial score (nSPS) is 21.9. The number of hydrogen-bond acceptors (Lipinski definition) is 4. The molecule has 0 heterocycles. The Kier molecular flexibility index (Phi) is 12.0. The van der Waals surface area contributed by atoms with Crippen LogP contribution in [0.4, 0.5) is 0 Å². The van der Waals surface area contributed by atoms with Crippen molar-refractivity contribution in [1.82, 2.24) is 0 Å². The maximum atomic E-state index is 15.0. The Hall–Kier alpha value is -1.06. The summed E-state index contributed by atoms with van der Waals surface area (Å²) in [5, 5.41) is 1.97. The number of benzene rings is 2. The zero-order chi connectivity index (χ0) is 35.0. The van der Waals surface area contributed by atoms with Gasteiger partial charge in [-0.05, 0) is 67.2 Å². The molecule has 46 heavy (non-hydrogen) atoms. The van der Waals surface area contributed by atoms with Crippen molar-refractivity contribution in [2.24, 2.45) is 0 Å². The van der Waals surface area contributed by atoms with E-state index in [9.17, 15) is 4.57 Å². The van der Waals surface area contributed by atoms with E-state index in [-0.39, 0.29) is 33.4 Å². The van der Waals surface area contributed by atoms with E-state index in [0.717, 1.165) is 23.5 Å². The van der Waals surface area contributed by atoms with Gasteiger partial charge in [0.15, 0.2) is 25.0 Å². The van der Waals surface area contributed by atoms with Crippen molar-refractivity contribution in [3.05, 3.63) is 72.3 Å². The summed E-state index contributed by atoms with van der Waals surface area (Å²) in [5.74, 6) is 0. The summed E-state index contributed by atoms with van der Waals surface area (Å²) in [6.07, 6.45) is 3.88. The molecule has 3 atom stereocenters. The van der Waals surface area contributed by atoms with E-state index in [0.29, 0.717) is 6.16 Å². The summed E-state index contributed by atoms with van der Waals surface area (Å²) in [6, 6.07) is 20.0. The minimum Gasteiger partial charge on any atom is -0.411 e. The molecule has 0 aliphatic heterocycles. The first-order valence-electron chi connectivity index (χ1n) is 17.2. The average molecular weight is 701 g/mol. The Balaban J connectivity index is 2.16. The van der Waals surface area contributed by atoms with Crippen LogP contribution in [-0.2, 0) is 17.8 Å². The second kappa shape index (κ2) is 14.0. The minimum atomic E-state index is -2.90. The fraction of sp³-hybridized carbons (Fsp3) is 0.632. The van der Waals surface area contributed by atoms with Crippen LogP contribution in [0.2, 0.25) is 54.4 Å². The lowest BCUT2D eigenvalue weighted by Gasteiger charge is -2.51. The van der Waals surface area contributed by atoms with Crippen LogP contribution in [0.15, 0.2) is 72.3 Å². The van der Waals surface area contributed by atoms with Crippen molar-refractivity contribution in [3.8, 4) is 0 Å². The molecule has 0 amide bonds. The van der Waals surface area contributed by atoms with Crippen LogP contribution in [0.3, 0.4) is 0 Å². The fourth-order valence-corrected chi connectivity index (χ4v) is 11.7. The summed E-state index contributed by atoms with van der Waals surface area (Å²) in [5.41, 5.74) is 1.27. The molecule has 0 N–H and O–H groups in total. The van der Waals surface area contributed by atoms with E-state index >= 15 is 0 Å². The van der Waals surface area contributed by atoms with E-state index in [1.807, 2.05) is 60.7 Å². The van der Waals surface area contributed by atoms with E-state index < -0.39 is 32.1 Å². The third-order valence-electron chi connectivity index (χ3n) is 11.4. The molecule has 1 fully saturated rings. The lowest BCUT2D eigenvalue weighted by Crippen LogP contribution is -2.59. The molecule has 1 saturated carbocycles. The Morgan fingerprint density at radius 1 is 0.609 bits per heavy atom. The summed E-state index contributed by atoms with van der Waals surface area (Å²) in [4.78, 5) is 0. The number of allylic oxidation sites excluding steroid dienone is 1. The maximum absolute atomic E-state index is 15.0. The third-order valence-corrected chi connectivity index (χ3v) is 27.8. The van der Waals surface area contributed by atoms with Gasteiger partial charge >= 0.3 is 0 Å². The number of rotatable bonds is 10. The lowest BCUT2D eigenvalue weighted by molar-refractivity contribution is -0.0527. The molecule has 0 radical (unpaired) electrons. The highest BCUT2D eigenvalue weighted by molar-refractivity contribution is 7.78. The quantitative estimate of drug-likeness (QED) is 0.141. The maximum Gasteiger partial charge on any atom is 0.192 e. The Bertz CT molecular complexity index is 1280. The van der Waals surface area contributed by atoms with Crippen LogP contribution >= 0.6 is 7.14 Å². The van der Waals surface area contributed by atoms with E-state index in [1.54, 1.807) is 0 Å². The van der Waals surface area contributed by atoms with Gasteiger partial charge in [-0.15, -0.1) is 0 Å². The molecular formula is C38H65O4PSi3. The van der Waals surface area contributed by atoms with Gasteiger partial charge < -0.3 is 17.8 Å². The van der Waals surface area contributed by atoms with Crippen LogP contribution in [0.25, 0.3) is 0 Å². The predicted molar refractivity (Wildman–Crippen MR) is 208 cm³/mol. The SMILES string of the molecule is CC(C)(C)[Si](C)(C)OC1[C@@H](O[Si](C)(C)C(C)(C)C)CC(=CCP(=O)(c2ccccc2)c2ccccc2)C[C@H]1O[Si](C)(C)C(C)(C)C. The largest absolute Gasteiger partial charge is 0.411 e. The Morgan fingerprint density at radius 2 is 0.935 bits per heavy atom. The topological polar surface area (TPSA) is 44.8 Å². The molecule has 0 spiro atoms. The standard InChI is InChI=1S/C38H65O4PSi3/c1-36(2,3)44(10,11)40-33-28-30(26-27-43(39,31-22-18-16-19-23-31)32-24-20-17-21-25-32)29-34(41-45(12,13)37(4,5)6)35(33)42-46(14,15)38(7,8)9/h16-26,33-35H,27-29H2,1-15H3/t33-,34+,35?. The summed E-state index contributed by atoms with van der Waals surface area (Å²) >= 11 is 0. The first-order valence-corrected chi connectivity index (χ1v) is 27.8. The molecule has 0 saturated heterocycles. The van der Waals surface area contributed by atoms with Crippen LogP contribution in [0.1, 0.15) is 75.2 Å². The van der Waals surface area contributed by atoms with E-state index in [4.69, 9.17) is 13.3 Å². The molecule has 0 bridgehead atoms. The van der Waals surface area contributed by atoms with Gasteiger partial charge in [0.05, 0.1) is 18.3 Å². The third kappa shape index (κ3) is 9.13. The molecule has 1 aliphatic rings. The van der Waals surface area contributed by atoms with Gasteiger partial charge in [0.2, 0.25) is 0 Å². The first kappa shape index (κ1) is 39.4. The number of hydrogen-bond donors (Lipinski definition) is 0. The van der Waals surface area contributed by atoms with Gasteiger partial charge in [-0.25, -0.2) is 0 Å². The van der Waals surface area contributed by atoms with Crippen LogP contribution in [-0.4, -0.2) is 49.4 Å². The van der Waals surface area contributed by atoms with Crippen molar-refractivity contribution in [2.75, 3.05) is 6.16 Å². The van der Waals surface area contributed by atoms with Crippen LogP contribution in [0, 0.1) is 0 Å². The second-order valence-corrected chi connectivity index (χ2v) is 35.2. The molecule has 2 aromatic carbocycles. The molecular weight excluding hydrogens is 636 g/mol. The summed E-state index contributed by atoms with van der Waals surface area (Å²) in [6.45, 7) is 34.9. The van der Waals surface area contributed by atoms with Gasteiger partial charge in [0.1, 0.15) is 7.14 Å². The molecule has 0 aromatic heterocycles. The van der Waals surface area contributed by atoms with Crippen molar-refractivity contribution in [1.29, 1.82) is 0 Å². The van der Waals surface area contributed by atoms with Crippen molar-refractivity contribution >= 4 is 42.7 Å². The smallest absolute Gasteiger partial charge is 0.192 e. The second-order valence-electron chi connectivity index (χ2n) is 18.0. The van der Waals surface area contributed by atoms with E-state index in [1.165, 1.54) is 5.57 Å². The highest BCUT2D eigenvalue weighted by Crippen LogP contribution is 2.48. The Morgan fingerprint density at radius 3 is 1.26 bits per heavy atom. The van der Waals surface area contributed by atoms with Crippen molar-refractivity contribution in [3.63, 3.8) is 0 Å². The average Bonchev–Trinajstić information content (AvgIpc) is 2.92. The fourth-order valence-electron chi connectivity index (χ4n) is 5.19. The van der Waals surface area contributed by atoms with E-state index in [2.05, 4.69) is 108 Å². The zero-order valence-corrected chi connectivity index (χ0v) is 35.7. The summed E-state index contributed by atoms with van der Waals surface area (Å²) < 4.78 is 37.0. The van der Waals surface area contributed by atoms with Gasteiger partial charge in [-0.3, -0.25) is 0 Å². The molecule has 258 valence electrons. The summed E-state index contributed by atoms with van der Waals surface area (Å²) in [7, 11) is -9.40. The lowest BCUT2D eigenvalue weighted by atomic mass is 9.88. The molecule has 1 unspecified atom stereocenters. The van der Waals surface area contributed by atoms with Gasteiger partial charge in [-0.2, -0.15) is 0 Å². The minimum absolute atomic E-state index is 0.0575. The van der Waals surface area contributed by atoms with Gasteiger partial charge in [-0.1, -0.05) is 135 Å². The zero-order valence-electron chi connectivity index (χ0n) is 31.8. The predicted octanol–water partition coefficient (Wildman–Crippen LogP) is 10.9. The molecule has 1 aliphatic carbocycles. The van der Waals surface area contributed by atoms with Crippen LogP contribution < -0.4 is 10.6 Å². The van der Waals surface area contributed by atoms with Crippen molar-refractivity contribution in [2.45, 2.75) is 148 Å². The highest BCUT2D eigenvalue weighted by atomic mass is 31.2. The van der Waals surface area contributed by atoms with Gasteiger partial charge in [0.25, 0.3) is 0 Å². The first-order chi connectivity index (χ1) is 20.8. The highest BCUT2D eigenvalue weighted by Gasteiger charge is 2.51. The van der Waals surface area contributed by atoms with Gasteiger partial charge in [0, 0.05) is 16.8 Å². The van der Waals surface area contributed by atoms with Crippen molar-refractivity contribution < 1.29 is 17.8 Å². The molecule has 3 rings (SSSR count).